The molecule has 160 valence electrons. The van der Waals surface area contributed by atoms with E-state index in [0.717, 1.165) is 30.8 Å². The highest BCUT2D eigenvalue weighted by molar-refractivity contribution is 14.0. The second-order valence-corrected chi connectivity index (χ2v) is 6.60. The van der Waals surface area contributed by atoms with Gasteiger partial charge in [-0.15, -0.1) is 24.0 Å². The molecule has 2 aromatic rings. The number of benzene rings is 1. The number of rotatable bonds is 7. The van der Waals surface area contributed by atoms with E-state index in [4.69, 9.17) is 9.47 Å². The summed E-state index contributed by atoms with van der Waals surface area (Å²) < 4.78 is 25.9. The van der Waals surface area contributed by atoms with E-state index in [1.165, 1.54) is 13.2 Å². The number of hydrogen-bond acceptors (Lipinski definition) is 5. The molecule has 2 N–H and O–H groups in total. The summed E-state index contributed by atoms with van der Waals surface area (Å²) in [4.78, 5) is 9.08. The van der Waals surface area contributed by atoms with Gasteiger partial charge < -0.3 is 20.1 Å². The third-order valence-corrected chi connectivity index (χ3v) is 4.50. The van der Waals surface area contributed by atoms with E-state index in [9.17, 15) is 4.39 Å². The third kappa shape index (κ3) is 6.26. The van der Waals surface area contributed by atoms with Crippen LogP contribution in [0.15, 0.2) is 23.2 Å². The summed E-state index contributed by atoms with van der Waals surface area (Å²) in [5.41, 5.74) is 0.780. The van der Waals surface area contributed by atoms with Crippen molar-refractivity contribution in [2.75, 3.05) is 20.8 Å². The number of hydrogen-bond donors (Lipinski definition) is 2. The molecule has 0 fully saturated rings. The lowest BCUT2D eigenvalue weighted by Gasteiger charge is -2.25. The standard InChI is InChI=1S/C19H27FN6O2.HI/c1-4-21-19(22-10-13-5-7-16(28-3)15(20)9-13)23-14-6-8-18-24-17(12-27-2)25-26(18)11-14;/h5,7,9,14H,4,6,8,10-12H2,1-3H3,(H2,21,22,23);1H. The van der Waals surface area contributed by atoms with Crippen LogP contribution in [-0.2, 0) is 30.9 Å². The second kappa shape index (κ2) is 11.3. The SMILES string of the molecule is CCNC(=NCc1ccc(OC)c(F)c1)NC1CCc2nc(COC)nn2C1.I. The Morgan fingerprint density at radius 2 is 2.21 bits per heavy atom. The van der Waals surface area contributed by atoms with Crippen molar-refractivity contribution >= 4 is 29.9 Å². The number of nitrogens with one attached hydrogen (secondary N) is 2. The van der Waals surface area contributed by atoms with Gasteiger partial charge in [-0.2, -0.15) is 5.10 Å². The lowest BCUT2D eigenvalue weighted by molar-refractivity contribution is 0.177. The predicted molar refractivity (Wildman–Crippen MR) is 119 cm³/mol. The van der Waals surface area contributed by atoms with Crippen molar-refractivity contribution in [1.29, 1.82) is 0 Å². The molecule has 0 bridgehead atoms. The molecule has 0 aliphatic carbocycles. The molecule has 1 aliphatic rings. The first kappa shape index (κ1) is 23.3. The molecule has 8 nitrogen and oxygen atoms in total. The molecule has 0 amide bonds. The smallest absolute Gasteiger partial charge is 0.191 e. The lowest BCUT2D eigenvalue weighted by Crippen LogP contribution is -2.47. The van der Waals surface area contributed by atoms with E-state index in [-0.39, 0.29) is 41.6 Å². The molecular weight excluding hydrogens is 490 g/mol. The summed E-state index contributed by atoms with van der Waals surface area (Å²) in [5.74, 6) is 2.24. The number of ether oxygens (including phenoxy) is 2. The average molecular weight is 518 g/mol. The van der Waals surface area contributed by atoms with Gasteiger partial charge >= 0.3 is 0 Å². The quantitative estimate of drug-likeness (QED) is 0.333. The molecule has 1 aromatic carbocycles. The van der Waals surface area contributed by atoms with Crippen LogP contribution in [0.25, 0.3) is 0 Å². The molecule has 29 heavy (non-hydrogen) atoms. The van der Waals surface area contributed by atoms with E-state index in [1.807, 2.05) is 17.7 Å². The minimum Gasteiger partial charge on any atom is -0.494 e. The Morgan fingerprint density at radius 3 is 2.90 bits per heavy atom. The van der Waals surface area contributed by atoms with Crippen molar-refractivity contribution < 1.29 is 13.9 Å². The fraction of sp³-hybridized carbons (Fsp3) is 0.526. The van der Waals surface area contributed by atoms with Crippen molar-refractivity contribution in [3.8, 4) is 5.75 Å². The maximum atomic E-state index is 13.9. The lowest BCUT2D eigenvalue weighted by atomic mass is 10.1. The van der Waals surface area contributed by atoms with Crippen LogP contribution < -0.4 is 15.4 Å². The average Bonchev–Trinajstić information content (AvgIpc) is 3.08. The Kier molecular flexibility index (Phi) is 9.08. The van der Waals surface area contributed by atoms with Gasteiger partial charge in [-0.25, -0.2) is 19.0 Å². The monoisotopic (exact) mass is 518 g/mol. The Labute approximate surface area is 187 Å². The summed E-state index contributed by atoms with van der Waals surface area (Å²) in [7, 11) is 3.09. The van der Waals surface area contributed by atoms with Crippen molar-refractivity contribution in [3.63, 3.8) is 0 Å². The third-order valence-electron chi connectivity index (χ3n) is 4.50. The zero-order valence-corrected chi connectivity index (χ0v) is 19.3. The summed E-state index contributed by atoms with van der Waals surface area (Å²) >= 11 is 0. The molecule has 1 unspecified atom stereocenters. The Morgan fingerprint density at radius 1 is 1.38 bits per heavy atom. The van der Waals surface area contributed by atoms with Crippen LogP contribution >= 0.6 is 24.0 Å². The van der Waals surface area contributed by atoms with E-state index >= 15 is 0 Å². The van der Waals surface area contributed by atoms with Crippen molar-refractivity contribution in [2.45, 2.75) is 45.5 Å². The number of fused-ring (bicyclic) bond motifs is 1. The van der Waals surface area contributed by atoms with Crippen LogP contribution in [0.1, 0.15) is 30.6 Å². The zero-order chi connectivity index (χ0) is 19.9. The van der Waals surface area contributed by atoms with Gasteiger partial charge in [0.25, 0.3) is 0 Å². The molecule has 0 radical (unpaired) electrons. The molecule has 2 heterocycles. The van der Waals surface area contributed by atoms with Gasteiger partial charge in [0.15, 0.2) is 23.4 Å². The van der Waals surface area contributed by atoms with E-state index in [0.29, 0.717) is 31.5 Å². The van der Waals surface area contributed by atoms with Crippen LogP contribution in [0.4, 0.5) is 4.39 Å². The van der Waals surface area contributed by atoms with Crippen LogP contribution in [0.2, 0.25) is 0 Å². The number of halogens is 2. The van der Waals surface area contributed by atoms with E-state index < -0.39 is 0 Å². The number of methoxy groups -OCH3 is 2. The maximum absolute atomic E-state index is 13.9. The molecular formula is C19H28FIN6O2. The van der Waals surface area contributed by atoms with E-state index in [2.05, 4.69) is 25.7 Å². The van der Waals surface area contributed by atoms with Crippen molar-refractivity contribution in [3.05, 3.63) is 41.2 Å². The molecule has 0 saturated heterocycles. The fourth-order valence-corrected chi connectivity index (χ4v) is 3.16. The number of nitrogens with zero attached hydrogens (tertiary/aromatic N) is 4. The maximum Gasteiger partial charge on any atom is 0.191 e. The Bertz CT molecular complexity index is 829. The molecule has 10 heteroatoms. The van der Waals surface area contributed by atoms with Crippen LogP contribution in [0.5, 0.6) is 5.75 Å². The summed E-state index contributed by atoms with van der Waals surface area (Å²) in [6.07, 6.45) is 1.78. The van der Waals surface area contributed by atoms with Crippen molar-refractivity contribution in [2.24, 2.45) is 4.99 Å². The fourth-order valence-electron chi connectivity index (χ4n) is 3.16. The first-order valence-electron chi connectivity index (χ1n) is 9.41. The number of aliphatic imine (C=N–C) groups is 1. The zero-order valence-electron chi connectivity index (χ0n) is 16.9. The van der Waals surface area contributed by atoms with Gasteiger partial charge in [-0.3, -0.25) is 0 Å². The highest BCUT2D eigenvalue weighted by Crippen LogP contribution is 2.18. The molecule has 1 atom stereocenters. The minimum absolute atomic E-state index is 0. The van der Waals surface area contributed by atoms with Crippen LogP contribution in [0.3, 0.4) is 0 Å². The number of aryl methyl sites for hydroxylation is 1. The summed E-state index contributed by atoms with van der Waals surface area (Å²) in [6, 6.07) is 5.07. The molecule has 0 spiro atoms. The van der Waals surface area contributed by atoms with Crippen molar-refractivity contribution in [1.82, 2.24) is 25.4 Å². The molecule has 1 aromatic heterocycles. The van der Waals surface area contributed by atoms with Gasteiger partial charge in [0.05, 0.1) is 20.2 Å². The van der Waals surface area contributed by atoms with Crippen LogP contribution in [0, 0.1) is 5.82 Å². The first-order chi connectivity index (χ1) is 13.6. The number of aromatic nitrogens is 3. The molecule has 1 aliphatic heterocycles. The molecule has 0 saturated carbocycles. The topological polar surface area (TPSA) is 85.6 Å². The number of guanidine groups is 1. The normalized spacial score (nSPS) is 16.0. The van der Waals surface area contributed by atoms with Gasteiger partial charge in [0.2, 0.25) is 0 Å². The van der Waals surface area contributed by atoms with Gasteiger partial charge in [-0.1, -0.05) is 6.07 Å². The first-order valence-corrected chi connectivity index (χ1v) is 9.41. The second-order valence-electron chi connectivity index (χ2n) is 6.60. The summed E-state index contributed by atoms with van der Waals surface area (Å²) in [6.45, 7) is 4.25. The van der Waals surface area contributed by atoms with Gasteiger partial charge in [0, 0.05) is 26.1 Å². The highest BCUT2D eigenvalue weighted by atomic mass is 127. The Hall–Kier alpha value is -1.95. The largest absolute Gasteiger partial charge is 0.494 e. The highest BCUT2D eigenvalue weighted by Gasteiger charge is 2.22. The predicted octanol–water partition coefficient (Wildman–Crippen LogP) is 2.26. The molecule has 3 rings (SSSR count). The van der Waals surface area contributed by atoms with Crippen LogP contribution in [-0.4, -0.2) is 47.5 Å². The summed E-state index contributed by atoms with van der Waals surface area (Å²) in [5, 5.41) is 11.2. The van der Waals surface area contributed by atoms with Gasteiger partial charge in [-0.05, 0) is 31.0 Å². The Balaban J connectivity index is 0.00000300. The minimum atomic E-state index is -0.383. The van der Waals surface area contributed by atoms with E-state index in [1.54, 1.807) is 13.2 Å². The van der Waals surface area contributed by atoms with Gasteiger partial charge in [0.1, 0.15) is 12.4 Å².